The maximum Gasteiger partial charge on any atom is 0.335 e. The van der Waals surface area contributed by atoms with E-state index >= 15 is 0 Å². The first kappa shape index (κ1) is 12.3. The molecule has 0 bridgehead atoms. The third-order valence-corrected chi connectivity index (χ3v) is 1.52. The number of benzene rings is 1. The second-order valence-electron chi connectivity index (χ2n) is 2.44. The van der Waals surface area contributed by atoms with Crippen LogP contribution in [0.25, 0.3) is 0 Å². The highest BCUT2D eigenvalue weighted by molar-refractivity contribution is 5.97. The van der Waals surface area contributed by atoms with Gasteiger partial charge in [-0.15, -0.1) is 0 Å². The molecule has 0 aromatic heterocycles. The molecule has 1 rings (SSSR count). The first-order chi connectivity index (χ1) is 6.61. The summed E-state index contributed by atoms with van der Waals surface area (Å²) in [6, 6.07) is 5.97. The number of aromatic carboxylic acids is 1. The minimum atomic E-state index is -1.02. The van der Waals surface area contributed by atoms with Gasteiger partial charge in [-0.05, 0) is 26.1 Å². The van der Waals surface area contributed by atoms with E-state index in [0.29, 0.717) is 5.56 Å². The van der Waals surface area contributed by atoms with E-state index in [2.05, 4.69) is 5.73 Å². The van der Waals surface area contributed by atoms with Crippen LogP contribution in [0, 0.1) is 0 Å². The minimum absolute atomic E-state index is 0.127. The van der Waals surface area contributed by atoms with Crippen LogP contribution in [0.3, 0.4) is 0 Å². The summed E-state index contributed by atoms with van der Waals surface area (Å²) in [6.45, 7) is 1.40. The van der Waals surface area contributed by atoms with Gasteiger partial charge in [-0.1, -0.05) is 12.1 Å². The number of carbonyl (C=O) groups excluding carboxylic acids is 1. The number of carbonyl (C=O) groups is 2. The van der Waals surface area contributed by atoms with Gasteiger partial charge in [0.25, 0.3) is 0 Å². The molecule has 0 aliphatic carbocycles. The fourth-order valence-electron chi connectivity index (χ4n) is 0.871. The van der Waals surface area contributed by atoms with E-state index in [9.17, 15) is 9.59 Å². The molecule has 0 spiro atoms. The van der Waals surface area contributed by atoms with Crippen LogP contribution in [0.15, 0.2) is 24.3 Å². The van der Waals surface area contributed by atoms with Gasteiger partial charge in [-0.25, -0.2) is 4.79 Å². The first-order valence-corrected chi connectivity index (χ1v) is 4.03. The van der Waals surface area contributed by atoms with Gasteiger partial charge in [-0.2, -0.15) is 0 Å². The van der Waals surface area contributed by atoms with Crippen molar-refractivity contribution in [2.45, 2.75) is 6.92 Å². The molecule has 1 aromatic carbocycles. The highest BCUT2D eigenvalue weighted by atomic mass is 16.4. The molecule has 14 heavy (non-hydrogen) atoms. The van der Waals surface area contributed by atoms with Gasteiger partial charge in [0.15, 0.2) is 5.78 Å². The predicted molar refractivity (Wildman–Crippen MR) is 53.5 cm³/mol. The molecule has 0 amide bonds. The van der Waals surface area contributed by atoms with Crippen LogP contribution in [-0.4, -0.2) is 23.9 Å². The van der Waals surface area contributed by atoms with Crippen molar-refractivity contribution >= 4 is 11.8 Å². The summed E-state index contributed by atoms with van der Waals surface area (Å²) < 4.78 is 0. The van der Waals surface area contributed by atoms with Gasteiger partial charge in [0.2, 0.25) is 0 Å². The summed E-state index contributed by atoms with van der Waals surface area (Å²) in [6.07, 6.45) is 0. The molecule has 3 N–H and O–H groups in total. The van der Waals surface area contributed by atoms with Crippen molar-refractivity contribution in [3.63, 3.8) is 0 Å². The van der Waals surface area contributed by atoms with Crippen molar-refractivity contribution in [3.05, 3.63) is 35.4 Å². The Hall–Kier alpha value is -1.68. The number of carboxylic acids is 1. The topological polar surface area (TPSA) is 80.4 Å². The van der Waals surface area contributed by atoms with Crippen molar-refractivity contribution in [2.75, 3.05) is 7.05 Å². The molecular formula is C10H13NO3. The van der Waals surface area contributed by atoms with Gasteiger partial charge in [0, 0.05) is 5.56 Å². The fraction of sp³-hybridized carbons (Fsp3) is 0.200. The molecule has 0 aliphatic heterocycles. The van der Waals surface area contributed by atoms with E-state index < -0.39 is 5.97 Å². The number of ketones is 1. The maximum atomic E-state index is 10.8. The third-order valence-electron chi connectivity index (χ3n) is 1.52. The molecule has 0 fully saturated rings. The normalized spacial score (nSPS) is 8.50. The molecular weight excluding hydrogens is 182 g/mol. The standard InChI is InChI=1S/C9H8O3.CH5N/c1-6(10)7-3-2-4-8(5-7)9(11)12;1-2/h2-5H,1H3,(H,11,12);2H2,1H3. The quantitative estimate of drug-likeness (QED) is 0.694. The Morgan fingerprint density at radius 2 is 1.71 bits per heavy atom. The molecule has 1 aromatic rings. The molecule has 0 aliphatic rings. The maximum absolute atomic E-state index is 10.8. The highest BCUT2D eigenvalue weighted by Crippen LogP contribution is 2.05. The highest BCUT2D eigenvalue weighted by Gasteiger charge is 2.04. The third kappa shape index (κ3) is 3.37. The van der Waals surface area contributed by atoms with E-state index in [1.807, 2.05) is 0 Å². The second kappa shape index (κ2) is 5.88. The number of nitrogens with two attached hydrogens (primary N) is 1. The summed E-state index contributed by atoms with van der Waals surface area (Å²) in [5, 5.41) is 8.58. The zero-order valence-electron chi connectivity index (χ0n) is 8.15. The van der Waals surface area contributed by atoms with Crippen molar-refractivity contribution in [1.82, 2.24) is 0 Å². The Balaban J connectivity index is 0.000000791. The van der Waals surface area contributed by atoms with Gasteiger partial charge in [0.05, 0.1) is 5.56 Å². The Kier molecular flexibility index (Phi) is 5.17. The molecule has 0 heterocycles. The van der Waals surface area contributed by atoms with Crippen LogP contribution in [0.2, 0.25) is 0 Å². The Labute approximate surface area is 82.4 Å². The minimum Gasteiger partial charge on any atom is -0.478 e. The Morgan fingerprint density at radius 1 is 1.21 bits per heavy atom. The van der Waals surface area contributed by atoms with Crippen LogP contribution in [0.1, 0.15) is 27.6 Å². The number of Topliss-reactive ketones (excluding diaryl/α,β-unsaturated/α-hetero) is 1. The Bertz CT molecular complexity index is 305. The monoisotopic (exact) mass is 195 g/mol. The zero-order chi connectivity index (χ0) is 11.1. The average molecular weight is 195 g/mol. The number of hydrogen-bond acceptors (Lipinski definition) is 3. The summed E-state index contributed by atoms with van der Waals surface area (Å²) in [5.41, 5.74) is 5.07. The van der Waals surface area contributed by atoms with Crippen LogP contribution < -0.4 is 5.73 Å². The molecule has 0 saturated carbocycles. The lowest BCUT2D eigenvalue weighted by Gasteiger charge is -1.96. The number of carboxylic acid groups (broad SMARTS) is 1. The van der Waals surface area contributed by atoms with Crippen LogP contribution >= 0.6 is 0 Å². The van der Waals surface area contributed by atoms with Crippen LogP contribution in [0.4, 0.5) is 0 Å². The molecule has 76 valence electrons. The summed E-state index contributed by atoms with van der Waals surface area (Å²) in [4.78, 5) is 21.3. The summed E-state index contributed by atoms with van der Waals surface area (Å²) in [5.74, 6) is -1.14. The van der Waals surface area contributed by atoms with Crippen molar-refractivity contribution in [2.24, 2.45) is 5.73 Å². The largest absolute Gasteiger partial charge is 0.478 e. The SMILES string of the molecule is CC(=O)c1cccc(C(=O)O)c1.CN. The molecule has 0 saturated heterocycles. The zero-order valence-corrected chi connectivity index (χ0v) is 8.15. The van der Waals surface area contributed by atoms with E-state index in [0.717, 1.165) is 0 Å². The van der Waals surface area contributed by atoms with Crippen molar-refractivity contribution in [1.29, 1.82) is 0 Å². The van der Waals surface area contributed by atoms with Crippen LogP contribution in [-0.2, 0) is 0 Å². The van der Waals surface area contributed by atoms with Gasteiger partial charge in [-0.3, -0.25) is 4.79 Å². The lowest BCUT2D eigenvalue weighted by Crippen LogP contribution is -1.99. The van der Waals surface area contributed by atoms with Gasteiger partial charge < -0.3 is 10.8 Å². The molecule has 0 unspecified atom stereocenters. The molecule has 0 radical (unpaired) electrons. The first-order valence-electron chi connectivity index (χ1n) is 4.03. The van der Waals surface area contributed by atoms with E-state index in [-0.39, 0.29) is 11.3 Å². The molecule has 4 heteroatoms. The molecule has 0 atom stereocenters. The van der Waals surface area contributed by atoms with Gasteiger partial charge >= 0.3 is 5.97 Å². The molecule has 4 nitrogen and oxygen atoms in total. The number of rotatable bonds is 2. The smallest absolute Gasteiger partial charge is 0.335 e. The summed E-state index contributed by atoms with van der Waals surface area (Å²) in [7, 11) is 1.50. The van der Waals surface area contributed by atoms with Crippen molar-refractivity contribution < 1.29 is 14.7 Å². The lowest BCUT2D eigenvalue weighted by molar-refractivity contribution is 0.0697. The Morgan fingerprint density at radius 3 is 2.14 bits per heavy atom. The van der Waals surface area contributed by atoms with Crippen LogP contribution in [0.5, 0.6) is 0 Å². The number of hydrogen-bond donors (Lipinski definition) is 2. The van der Waals surface area contributed by atoms with E-state index in [1.165, 1.54) is 26.1 Å². The van der Waals surface area contributed by atoms with E-state index in [1.54, 1.807) is 12.1 Å². The van der Waals surface area contributed by atoms with Crippen molar-refractivity contribution in [3.8, 4) is 0 Å². The fourth-order valence-corrected chi connectivity index (χ4v) is 0.871. The predicted octanol–water partition coefficient (Wildman–Crippen LogP) is 1.16. The summed E-state index contributed by atoms with van der Waals surface area (Å²) >= 11 is 0. The van der Waals surface area contributed by atoms with Gasteiger partial charge in [0.1, 0.15) is 0 Å². The second-order valence-corrected chi connectivity index (χ2v) is 2.44. The average Bonchev–Trinajstić information content (AvgIpc) is 2.21. The lowest BCUT2D eigenvalue weighted by atomic mass is 10.1. The van der Waals surface area contributed by atoms with E-state index in [4.69, 9.17) is 5.11 Å².